The van der Waals surface area contributed by atoms with Crippen LogP contribution in [0.5, 0.6) is 11.5 Å². The first-order valence-electron chi connectivity index (χ1n) is 11.2. The van der Waals surface area contributed by atoms with Gasteiger partial charge in [0.1, 0.15) is 18.1 Å². The second-order valence-corrected chi connectivity index (χ2v) is 8.95. The Morgan fingerprint density at radius 1 is 1.09 bits per heavy atom. The Morgan fingerprint density at radius 3 is 2.50 bits per heavy atom. The van der Waals surface area contributed by atoms with E-state index in [1.165, 1.54) is 6.07 Å². The van der Waals surface area contributed by atoms with Crippen molar-refractivity contribution in [1.82, 2.24) is 10.6 Å². The van der Waals surface area contributed by atoms with Gasteiger partial charge in [0.05, 0.1) is 12.2 Å². The highest BCUT2D eigenvalue weighted by molar-refractivity contribution is 5.39. The third kappa shape index (κ3) is 7.41. The number of rotatable bonds is 10. The van der Waals surface area contributed by atoms with E-state index in [1.807, 2.05) is 12.1 Å². The van der Waals surface area contributed by atoms with E-state index in [0.717, 1.165) is 37.7 Å². The summed E-state index contributed by atoms with van der Waals surface area (Å²) in [5.74, 6) is 2.14. The van der Waals surface area contributed by atoms with Gasteiger partial charge in [0.2, 0.25) is 0 Å². The predicted octanol–water partition coefficient (Wildman–Crippen LogP) is 5.33. The SMILES string of the molecule is Cc1ccc(COc2cc(CNCC3CCNC3)cc(OCC(C)C)c2)c(C(F)(F)F)c1. The average molecular weight is 451 g/mol. The molecule has 2 aromatic carbocycles. The molecule has 7 heteroatoms. The highest BCUT2D eigenvalue weighted by Gasteiger charge is 2.33. The average Bonchev–Trinajstić information content (AvgIpc) is 3.24. The number of hydrogen-bond acceptors (Lipinski definition) is 4. The van der Waals surface area contributed by atoms with Crippen molar-refractivity contribution < 1.29 is 22.6 Å². The molecule has 0 aliphatic carbocycles. The van der Waals surface area contributed by atoms with Gasteiger partial charge in [-0.3, -0.25) is 0 Å². The van der Waals surface area contributed by atoms with E-state index in [4.69, 9.17) is 9.47 Å². The second kappa shape index (κ2) is 11.1. The third-order valence-electron chi connectivity index (χ3n) is 5.41. The molecule has 3 rings (SSSR count). The van der Waals surface area contributed by atoms with Gasteiger partial charge in [-0.15, -0.1) is 0 Å². The number of alkyl halides is 3. The van der Waals surface area contributed by atoms with Gasteiger partial charge >= 0.3 is 6.18 Å². The van der Waals surface area contributed by atoms with E-state index in [9.17, 15) is 13.2 Å². The van der Waals surface area contributed by atoms with Crippen molar-refractivity contribution in [2.75, 3.05) is 26.2 Å². The van der Waals surface area contributed by atoms with Crippen molar-refractivity contribution in [1.29, 1.82) is 0 Å². The van der Waals surface area contributed by atoms with Crippen LogP contribution in [-0.2, 0) is 19.3 Å². The molecule has 0 radical (unpaired) electrons. The van der Waals surface area contributed by atoms with Gasteiger partial charge < -0.3 is 20.1 Å². The van der Waals surface area contributed by atoms with Gasteiger partial charge in [-0.05, 0) is 68.6 Å². The molecule has 1 aliphatic heterocycles. The van der Waals surface area contributed by atoms with Crippen LogP contribution >= 0.6 is 0 Å². The maximum absolute atomic E-state index is 13.4. The lowest BCUT2D eigenvalue weighted by molar-refractivity contribution is -0.138. The van der Waals surface area contributed by atoms with E-state index in [0.29, 0.717) is 42.0 Å². The summed E-state index contributed by atoms with van der Waals surface area (Å²) in [4.78, 5) is 0. The van der Waals surface area contributed by atoms with Crippen molar-refractivity contribution in [3.63, 3.8) is 0 Å². The number of benzene rings is 2. The Hall–Kier alpha value is -2.25. The minimum Gasteiger partial charge on any atom is -0.493 e. The summed E-state index contributed by atoms with van der Waals surface area (Å²) in [7, 11) is 0. The standard InChI is InChI=1S/C25H33F3N2O2/c1-17(2)15-31-22-9-20(14-30-13-19-6-7-29-12-19)10-23(11-22)32-16-21-5-4-18(3)8-24(21)25(26,27)28/h4-5,8-11,17,19,29-30H,6-7,12-16H2,1-3H3. The van der Waals surface area contributed by atoms with Crippen molar-refractivity contribution in [2.45, 2.75) is 46.5 Å². The molecule has 2 aromatic rings. The molecule has 0 amide bonds. The molecule has 0 bridgehead atoms. The van der Waals surface area contributed by atoms with E-state index >= 15 is 0 Å². The Balaban J connectivity index is 1.72. The first kappa shape index (κ1) is 24.4. The largest absolute Gasteiger partial charge is 0.493 e. The van der Waals surface area contributed by atoms with Crippen LogP contribution in [0.3, 0.4) is 0 Å². The van der Waals surface area contributed by atoms with Crippen LogP contribution in [0.4, 0.5) is 13.2 Å². The molecule has 4 nitrogen and oxygen atoms in total. The molecule has 1 saturated heterocycles. The molecule has 176 valence electrons. The van der Waals surface area contributed by atoms with Gasteiger partial charge in [-0.1, -0.05) is 31.5 Å². The molecule has 1 atom stereocenters. The van der Waals surface area contributed by atoms with E-state index in [2.05, 4.69) is 24.5 Å². The van der Waals surface area contributed by atoms with Crippen LogP contribution < -0.4 is 20.1 Å². The van der Waals surface area contributed by atoms with E-state index < -0.39 is 11.7 Å². The second-order valence-electron chi connectivity index (χ2n) is 8.95. The summed E-state index contributed by atoms with van der Waals surface area (Å²) in [6, 6.07) is 9.88. The summed E-state index contributed by atoms with van der Waals surface area (Å²) in [5, 5.41) is 6.83. The Bertz CT molecular complexity index is 878. The fourth-order valence-electron chi connectivity index (χ4n) is 3.71. The van der Waals surface area contributed by atoms with Gasteiger partial charge in [-0.25, -0.2) is 0 Å². The molecule has 1 fully saturated rings. The fraction of sp³-hybridized carbons (Fsp3) is 0.520. The molecule has 1 heterocycles. The van der Waals surface area contributed by atoms with Crippen LogP contribution in [0.1, 0.15) is 42.5 Å². The number of ether oxygens (including phenoxy) is 2. The molecule has 1 unspecified atom stereocenters. The highest BCUT2D eigenvalue weighted by atomic mass is 19.4. The normalized spacial score (nSPS) is 16.5. The lowest BCUT2D eigenvalue weighted by atomic mass is 10.0. The Kier molecular flexibility index (Phi) is 8.43. The topological polar surface area (TPSA) is 42.5 Å². The minimum atomic E-state index is -4.42. The zero-order valence-electron chi connectivity index (χ0n) is 19.0. The highest BCUT2D eigenvalue weighted by Crippen LogP contribution is 2.33. The Morgan fingerprint density at radius 2 is 1.84 bits per heavy atom. The van der Waals surface area contributed by atoms with Crippen molar-refractivity contribution in [3.05, 3.63) is 58.7 Å². The predicted molar refractivity (Wildman–Crippen MR) is 120 cm³/mol. The summed E-state index contributed by atoms with van der Waals surface area (Å²) >= 11 is 0. The molecule has 32 heavy (non-hydrogen) atoms. The third-order valence-corrected chi connectivity index (χ3v) is 5.41. The molecular formula is C25H33F3N2O2. The minimum absolute atomic E-state index is 0.116. The number of aryl methyl sites for hydroxylation is 1. The van der Waals surface area contributed by atoms with Crippen LogP contribution in [0.2, 0.25) is 0 Å². The first-order chi connectivity index (χ1) is 15.2. The maximum Gasteiger partial charge on any atom is 0.416 e. The van der Waals surface area contributed by atoms with Crippen molar-refractivity contribution in [2.24, 2.45) is 11.8 Å². The number of halogens is 3. The van der Waals surface area contributed by atoms with Crippen LogP contribution in [-0.4, -0.2) is 26.2 Å². The summed E-state index contributed by atoms with van der Waals surface area (Å²) < 4.78 is 52.0. The lowest BCUT2D eigenvalue weighted by Gasteiger charge is -2.17. The summed E-state index contributed by atoms with van der Waals surface area (Å²) in [5.41, 5.74) is 1.00. The zero-order valence-corrected chi connectivity index (χ0v) is 19.0. The monoisotopic (exact) mass is 450 g/mol. The molecular weight excluding hydrogens is 417 g/mol. The first-order valence-corrected chi connectivity index (χ1v) is 11.2. The van der Waals surface area contributed by atoms with Crippen molar-refractivity contribution >= 4 is 0 Å². The zero-order chi connectivity index (χ0) is 23.1. The quantitative estimate of drug-likeness (QED) is 0.514. The Labute approximate surface area is 188 Å². The number of nitrogens with one attached hydrogen (secondary N) is 2. The van der Waals surface area contributed by atoms with Gasteiger partial charge in [0, 0.05) is 18.2 Å². The number of hydrogen-bond donors (Lipinski definition) is 2. The molecule has 0 aromatic heterocycles. The smallest absolute Gasteiger partial charge is 0.416 e. The molecule has 2 N–H and O–H groups in total. The molecule has 1 aliphatic rings. The maximum atomic E-state index is 13.4. The van der Waals surface area contributed by atoms with Gasteiger partial charge in [0.25, 0.3) is 0 Å². The lowest BCUT2D eigenvalue weighted by Crippen LogP contribution is -2.24. The van der Waals surface area contributed by atoms with E-state index in [-0.39, 0.29) is 12.2 Å². The molecule has 0 spiro atoms. The van der Waals surface area contributed by atoms with Gasteiger partial charge in [0.15, 0.2) is 0 Å². The molecule has 0 saturated carbocycles. The van der Waals surface area contributed by atoms with Gasteiger partial charge in [-0.2, -0.15) is 13.2 Å². The summed E-state index contributed by atoms with van der Waals surface area (Å²) in [6.45, 7) is 9.81. The van der Waals surface area contributed by atoms with E-state index in [1.54, 1.807) is 19.1 Å². The van der Waals surface area contributed by atoms with Crippen LogP contribution in [0, 0.1) is 18.8 Å². The summed E-state index contributed by atoms with van der Waals surface area (Å²) in [6.07, 6.45) is -3.26. The van der Waals surface area contributed by atoms with Crippen molar-refractivity contribution in [3.8, 4) is 11.5 Å². The van der Waals surface area contributed by atoms with Crippen LogP contribution in [0.15, 0.2) is 36.4 Å². The fourth-order valence-corrected chi connectivity index (χ4v) is 3.71. The van der Waals surface area contributed by atoms with Crippen LogP contribution in [0.25, 0.3) is 0 Å².